The van der Waals surface area contributed by atoms with Gasteiger partial charge in [-0.3, -0.25) is 4.90 Å². The Hall–Kier alpha value is -1.87. The van der Waals surface area contributed by atoms with Crippen molar-refractivity contribution in [3.05, 3.63) is 53.6 Å². The van der Waals surface area contributed by atoms with Crippen LogP contribution in [0.15, 0.2) is 42.5 Å². The molecule has 1 aliphatic heterocycles. The highest BCUT2D eigenvalue weighted by atomic mass is 35.5. The van der Waals surface area contributed by atoms with Crippen LogP contribution in [0.4, 0.5) is 13.2 Å². The van der Waals surface area contributed by atoms with Gasteiger partial charge in [0, 0.05) is 32.2 Å². The van der Waals surface area contributed by atoms with Crippen molar-refractivity contribution < 1.29 is 27.4 Å². The molecule has 30 heavy (non-hydrogen) atoms. The molecule has 0 unspecified atom stereocenters. The molecular formula is C20H25Cl2F3N2O3. The minimum absolute atomic E-state index is 0. The summed E-state index contributed by atoms with van der Waals surface area (Å²) < 4.78 is 52.1. The van der Waals surface area contributed by atoms with E-state index in [9.17, 15) is 13.2 Å². The number of benzene rings is 2. The molecule has 168 valence electrons. The van der Waals surface area contributed by atoms with Crippen LogP contribution >= 0.6 is 24.8 Å². The first kappa shape index (κ1) is 26.2. The van der Waals surface area contributed by atoms with Gasteiger partial charge in [0.2, 0.25) is 0 Å². The molecule has 3 rings (SSSR count). The Bertz CT molecular complexity index is 764. The van der Waals surface area contributed by atoms with Crippen LogP contribution in [0.25, 0.3) is 0 Å². The third-order valence-corrected chi connectivity index (χ3v) is 4.64. The van der Waals surface area contributed by atoms with E-state index in [1.165, 1.54) is 12.1 Å². The zero-order valence-electron chi connectivity index (χ0n) is 16.6. The molecule has 0 aliphatic carbocycles. The molecule has 0 aromatic heterocycles. The molecule has 0 saturated carbocycles. The molecule has 0 bridgehead atoms. The van der Waals surface area contributed by atoms with Crippen molar-refractivity contribution in [1.82, 2.24) is 10.2 Å². The molecule has 10 heteroatoms. The number of hydrogen-bond acceptors (Lipinski definition) is 5. The van der Waals surface area contributed by atoms with Crippen LogP contribution in [-0.4, -0.2) is 51.7 Å². The van der Waals surface area contributed by atoms with Crippen molar-refractivity contribution in [1.29, 1.82) is 0 Å². The Morgan fingerprint density at radius 2 is 1.37 bits per heavy atom. The van der Waals surface area contributed by atoms with E-state index in [0.717, 1.165) is 37.3 Å². The van der Waals surface area contributed by atoms with Crippen LogP contribution in [0, 0.1) is 0 Å². The van der Waals surface area contributed by atoms with Crippen molar-refractivity contribution in [2.24, 2.45) is 0 Å². The van der Waals surface area contributed by atoms with Gasteiger partial charge < -0.3 is 19.5 Å². The third-order valence-electron chi connectivity index (χ3n) is 4.64. The third kappa shape index (κ3) is 6.84. The SMILES string of the molecule is COc1cc(OC)cc([C@H](c2ccc(OC(F)(F)F)cc2)N2CCNCC2)c1.Cl.Cl. The molecule has 0 spiro atoms. The number of nitrogens with one attached hydrogen (secondary N) is 1. The number of piperazine rings is 1. The van der Waals surface area contributed by atoms with Crippen molar-refractivity contribution in [3.63, 3.8) is 0 Å². The molecule has 0 amide bonds. The summed E-state index contributed by atoms with van der Waals surface area (Å²) in [6, 6.07) is 11.5. The van der Waals surface area contributed by atoms with E-state index in [0.29, 0.717) is 11.5 Å². The maximum atomic E-state index is 12.5. The Kier molecular flexibility index (Phi) is 10.0. The largest absolute Gasteiger partial charge is 0.573 e. The lowest BCUT2D eigenvalue weighted by Gasteiger charge is -2.36. The van der Waals surface area contributed by atoms with Gasteiger partial charge in [-0.05, 0) is 35.4 Å². The van der Waals surface area contributed by atoms with E-state index in [-0.39, 0.29) is 36.6 Å². The van der Waals surface area contributed by atoms with Gasteiger partial charge in [0.25, 0.3) is 0 Å². The number of hydrogen-bond donors (Lipinski definition) is 1. The number of ether oxygens (including phenoxy) is 3. The van der Waals surface area contributed by atoms with Crippen LogP contribution in [0.2, 0.25) is 0 Å². The van der Waals surface area contributed by atoms with Gasteiger partial charge in [0.15, 0.2) is 0 Å². The maximum absolute atomic E-state index is 12.5. The molecule has 0 radical (unpaired) electrons. The summed E-state index contributed by atoms with van der Waals surface area (Å²) in [6.07, 6.45) is -4.71. The quantitative estimate of drug-likeness (QED) is 0.678. The smallest absolute Gasteiger partial charge is 0.497 e. The van der Waals surface area contributed by atoms with E-state index in [2.05, 4.69) is 15.0 Å². The van der Waals surface area contributed by atoms with Crippen LogP contribution in [-0.2, 0) is 0 Å². The fraction of sp³-hybridized carbons (Fsp3) is 0.400. The maximum Gasteiger partial charge on any atom is 0.573 e. The molecule has 1 atom stereocenters. The molecule has 1 saturated heterocycles. The second kappa shape index (κ2) is 11.5. The summed E-state index contributed by atoms with van der Waals surface area (Å²) in [7, 11) is 3.17. The average molecular weight is 469 g/mol. The van der Waals surface area contributed by atoms with Gasteiger partial charge in [0.05, 0.1) is 20.3 Å². The van der Waals surface area contributed by atoms with Crippen molar-refractivity contribution >= 4 is 24.8 Å². The first-order chi connectivity index (χ1) is 13.4. The van der Waals surface area contributed by atoms with Gasteiger partial charge in [0.1, 0.15) is 17.2 Å². The number of rotatable bonds is 6. The van der Waals surface area contributed by atoms with E-state index in [4.69, 9.17) is 9.47 Å². The molecule has 2 aromatic rings. The number of halogens is 5. The average Bonchev–Trinajstić information content (AvgIpc) is 2.69. The first-order valence-electron chi connectivity index (χ1n) is 8.93. The summed E-state index contributed by atoms with van der Waals surface area (Å²) in [5, 5.41) is 3.32. The zero-order valence-corrected chi connectivity index (χ0v) is 18.2. The lowest BCUT2D eigenvalue weighted by atomic mass is 9.95. The number of alkyl halides is 3. The molecule has 5 nitrogen and oxygen atoms in total. The standard InChI is InChI=1S/C20H23F3N2O3.2ClH/c1-26-17-11-15(12-18(13-17)27-2)19(25-9-7-24-8-10-25)14-3-5-16(6-4-14)28-20(21,22)23;;/h3-6,11-13,19,24H,7-10H2,1-2H3;2*1H/t19-;;/m0../s1. The van der Waals surface area contributed by atoms with E-state index in [1.54, 1.807) is 32.4 Å². The minimum Gasteiger partial charge on any atom is -0.497 e. The summed E-state index contributed by atoms with van der Waals surface area (Å²) >= 11 is 0. The highest BCUT2D eigenvalue weighted by molar-refractivity contribution is 5.85. The normalized spacial score (nSPS) is 15.4. The molecular weight excluding hydrogens is 444 g/mol. The summed E-state index contributed by atoms with van der Waals surface area (Å²) in [5.74, 6) is 1.08. The summed E-state index contributed by atoms with van der Waals surface area (Å²) in [4.78, 5) is 2.28. The lowest BCUT2D eigenvalue weighted by Crippen LogP contribution is -2.45. The van der Waals surface area contributed by atoms with Crippen LogP contribution in [0.1, 0.15) is 17.2 Å². The number of methoxy groups -OCH3 is 2. The second-order valence-electron chi connectivity index (χ2n) is 6.45. The highest BCUT2D eigenvalue weighted by Crippen LogP contribution is 2.35. The fourth-order valence-electron chi connectivity index (χ4n) is 3.39. The summed E-state index contributed by atoms with van der Waals surface area (Å²) in [6.45, 7) is 3.30. The van der Waals surface area contributed by atoms with Gasteiger partial charge in [-0.1, -0.05) is 12.1 Å². The Balaban J connectivity index is 0.00000225. The van der Waals surface area contributed by atoms with Gasteiger partial charge >= 0.3 is 6.36 Å². The zero-order chi connectivity index (χ0) is 20.1. The lowest BCUT2D eigenvalue weighted by molar-refractivity contribution is -0.274. The second-order valence-corrected chi connectivity index (χ2v) is 6.45. The van der Waals surface area contributed by atoms with Gasteiger partial charge in [-0.15, -0.1) is 38.0 Å². The van der Waals surface area contributed by atoms with Crippen molar-refractivity contribution in [3.8, 4) is 17.2 Å². The summed E-state index contributed by atoms with van der Waals surface area (Å²) in [5.41, 5.74) is 1.81. The molecule has 1 heterocycles. The predicted molar refractivity (Wildman–Crippen MR) is 113 cm³/mol. The van der Waals surface area contributed by atoms with E-state index >= 15 is 0 Å². The molecule has 1 fully saturated rings. The van der Waals surface area contributed by atoms with Crippen molar-refractivity contribution in [2.75, 3.05) is 40.4 Å². The number of nitrogens with zero attached hydrogens (tertiary/aromatic N) is 1. The van der Waals surface area contributed by atoms with Crippen LogP contribution in [0.5, 0.6) is 17.2 Å². The van der Waals surface area contributed by atoms with Crippen molar-refractivity contribution in [2.45, 2.75) is 12.4 Å². The topological polar surface area (TPSA) is 43.0 Å². The van der Waals surface area contributed by atoms with Gasteiger partial charge in [-0.25, -0.2) is 0 Å². The van der Waals surface area contributed by atoms with Crippen LogP contribution < -0.4 is 19.5 Å². The fourth-order valence-corrected chi connectivity index (χ4v) is 3.39. The Morgan fingerprint density at radius 1 is 0.833 bits per heavy atom. The van der Waals surface area contributed by atoms with Crippen LogP contribution in [0.3, 0.4) is 0 Å². The first-order valence-corrected chi connectivity index (χ1v) is 8.93. The highest BCUT2D eigenvalue weighted by Gasteiger charge is 2.31. The van der Waals surface area contributed by atoms with Gasteiger partial charge in [-0.2, -0.15) is 0 Å². The predicted octanol–water partition coefficient (Wildman–Crippen LogP) is 4.44. The minimum atomic E-state index is -4.71. The Labute approximate surface area is 186 Å². The molecule has 1 aliphatic rings. The monoisotopic (exact) mass is 468 g/mol. The molecule has 2 aromatic carbocycles. The molecule has 1 N–H and O–H groups in total. The Morgan fingerprint density at radius 3 is 1.83 bits per heavy atom. The van der Waals surface area contributed by atoms with E-state index < -0.39 is 6.36 Å². The van der Waals surface area contributed by atoms with E-state index in [1.807, 2.05) is 12.1 Å².